The van der Waals surface area contributed by atoms with Crippen molar-refractivity contribution in [2.75, 3.05) is 67.5 Å². The lowest BCUT2D eigenvalue weighted by Crippen LogP contribution is -2.49. The molecule has 1 aromatic heterocycles. The number of nitrogens with zero attached hydrogens (tertiary/aromatic N) is 5. The number of piperazine rings is 1. The molecule has 2 saturated heterocycles. The van der Waals surface area contributed by atoms with Crippen LogP contribution in [0.15, 0.2) is 36.7 Å². The molecule has 1 aromatic carbocycles. The lowest BCUT2D eigenvalue weighted by atomic mass is 10.1. The van der Waals surface area contributed by atoms with Crippen LogP contribution in [0.4, 0.5) is 22.1 Å². The molecule has 2 N–H and O–H groups in total. The third-order valence-corrected chi connectivity index (χ3v) is 6.13. The molecule has 3 heterocycles. The Morgan fingerprint density at radius 2 is 1.71 bits per heavy atom. The van der Waals surface area contributed by atoms with Crippen molar-refractivity contribution in [3.63, 3.8) is 0 Å². The summed E-state index contributed by atoms with van der Waals surface area (Å²) in [6.45, 7) is 7.11. The number of halogens is 1. The van der Waals surface area contributed by atoms with Gasteiger partial charge in [0.15, 0.2) is 0 Å². The van der Waals surface area contributed by atoms with Crippen LogP contribution in [0, 0.1) is 0 Å². The summed E-state index contributed by atoms with van der Waals surface area (Å²) in [5.41, 5.74) is 1.76. The highest BCUT2D eigenvalue weighted by molar-refractivity contribution is 6.33. The average molecular weight is 444 g/mol. The molecule has 2 fully saturated rings. The Balaban J connectivity index is 1.17. The second-order valence-electron chi connectivity index (χ2n) is 7.97. The summed E-state index contributed by atoms with van der Waals surface area (Å²) >= 11 is 6.48. The molecule has 8 nitrogen and oxygen atoms in total. The standard InChI is InChI=1S/C22H30ClN7O/c23-19-17-18(5-6-20(19)29-10-2-1-3-11-29)27-22(31)26-9-12-28-13-15-30(16-14-28)21-24-7-4-8-25-21/h4-8,17H,1-3,9-16H2,(H2,26,27,31). The third-order valence-electron chi connectivity index (χ3n) is 5.82. The van der Waals surface area contributed by atoms with E-state index in [1.807, 2.05) is 24.3 Å². The van der Waals surface area contributed by atoms with Gasteiger partial charge in [-0.25, -0.2) is 14.8 Å². The molecule has 0 bridgehead atoms. The fourth-order valence-electron chi connectivity index (χ4n) is 4.10. The molecule has 2 aromatic rings. The second kappa shape index (κ2) is 10.6. The van der Waals surface area contributed by atoms with Crippen LogP contribution in [0.3, 0.4) is 0 Å². The highest BCUT2D eigenvalue weighted by Gasteiger charge is 2.18. The lowest BCUT2D eigenvalue weighted by molar-refractivity contribution is 0.240. The van der Waals surface area contributed by atoms with Crippen molar-refractivity contribution in [3.8, 4) is 0 Å². The van der Waals surface area contributed by atoms with Gasteiger partial charge in [0, 0.05) is 70.4 Å². The van der Waals surface area contributed by atoms with Crippen LogP contribution in [-0.4, -0.2) is 73.3 Å². The number of anilines is 3. The van der Waals surface area contributed by atoms with E-state index in [0.717, 1.165) is 57.4 Å². The number of carbonyl (C=O) groups is 1. The first kappa shape index (κ1) is 21.6. The first-order valence-electron chi connectivity index (χ1n) is 11.0. The molecule has 0 saturated carbocycles. The minimum Gasteiger partial charge on any atom is -0.370 e. The Morgan fingerprint density at radius 3 is 2.42 bits per heavy atom. The van der Waals surface area contributed by atoms with Gasteiger partial charge >= 0.3 is 6.03 Å². The Kier molecular flexibility index (Phi) is 7.43. The molecule has 0 radical (unpaired) electrons. The number of aromatic nitrogens is 2. The number of hydrogen-bond donors (Lipinski definition) is 2. The van der Waals surface area contributed by atoms with E-state index in [0.29, 0.717) is 17.3 Å². The number of carbonyl (C=O) groups excluding carboxylic acids is 1. The molecular weight excluding hydrogens is 414 g/mol. The molecule has 0 spiro atoms. The van der Waals surface area contributed by atoms with Gasteiger partial charge in [-0.05, 0) is 43.5 Å². The number of hydrogen-bond acceptors (Lipinski definition) is 6. The van der Waals surface area contributed by atoms with Gasteiger partial charge in [0.25, 0.3) is 0 Å². The Morgan fingerprint density at radius 1 is 0.968 bits per heavy atom. The van der Waals surface area contributed by atoms with Crippen molar-refractivity contribution in [2.24, 2.45) is 0 Å². The van der Waals surface area contributed by atoms with E-state index in [9.17, 15) is 4.79 Å². The van der Waals surface area contributed by atoms with Crippen LogP contribution < -0.4 is 20.4 Å². The second-order valence-corrected chi connectivity index (χ2v) is 8.38. The normalized spacial score (nSPS) is 17.5. The number of rotatable bonds is 6. The number of urea groups is 1. The zero-order valence-corrected chi connectivity index (χ0v) is 18.5. The van der Waals surface area contributed by atoms with Gasteiger partial charge in [-0.2, -0.15) is 0 Å². The summed E-state index contributed by atoms with van der Waals surface area (Å²) in [6.07, 6.45) is 7.23. The molecule has 0 atom stereocenters. The van der Waals surface area contributed by atoms with Gasteiger partial charge in [0.2, 0.25) is 5.95 Å². The topological polar surface area (TPSA) is 76.6 Å². The van der Waals surface area contributed by atoms with Crippen LogP contribution in [0.1, 0.15) is 19.3 Å². The van der Waals surface area contributed by atoms with Crippen molar-refractivity contribution in [1.82, 2.24) is 20.2 Å². The molecule has 0 unspecified atom stereocenters. The van der Waals surface area contributed by atoms with Crippen LogP contribution in [0.25, 0.3) is 0 Å². The highest BCUT2D eigenvalue weighted by Crippen LogP contribution is 2.30. The zero-order chi connectivity index (χ0) is 21.5. The van der Waals surface area contributed by atoms with E-state index in [1.165, 1.54) is 19.3 Å². The summed E-state index contributed by atoms with van der Waals surface area (Å²) < 4.78 is 0. The van der Waals surface area contributed by atoms with Crippen LogP contribution >= 0.6 is 11.6 Å². The fraction of sp³-hybridized carbons (Fsp3) is 0.500. The zero-order valence-electron chi connectivity index (χ0n) is 17.8. The third kappa shape index (κ3) is 5.98. The van der Waals surface area contributed by atoms with E-state index in [2.05, 4.69) is 35.3 Å². The molecular formula is C22H30ClN7O. The lowest BCUT2D eigenvalue weighted by Gasteiger charge is -2.34. The maximum Gasteiger partial charge on any atom is 0.319 e. The number of nitrogens with one attached hydrogen (secondary N) is 2. The van der Waals surface area contributed by atoms with Crippen molar-refractivity contribution in [3.05, 3.63) is 41.7 Å². The molecule has 31 heavy (non-hydrogen) atoms. The van der Waals surface area contributed by atoms with Crippen LogP contribution in [0.5, 0.6) is 0 Å². The van der Waals surface area contributed by atoms with Crippen LogP contribution in [0.2, 0.25) is 5.02 Å². The number of piperidine rings is 1. The summed E-state index contributed by atoms with van der Waals surface area (Å²) in [4.78, 5) is 27.7. The van der Waals surface area contributed by atoms with E-state index >= 15 is 0 Å². The maximum atomic E-state index is 12.3. The summed E-state index contributed by atoms with van der Waals surface area (Å²) in [5, 5.41) is 6.50. The molecule has 2 aliphatic heterocycles. The monoisotopic (exact) mass is 443 g/mol. The Hall–Kier alpha value is -2.58. The smallest absolute Gasteiger partial charge is 0.319 e. The SMILES string of the molecule is O=C(NCCN1CCN(c2ncccn2)CC1)Nc1ccc(N2CCCCC2)c(Cl)c1. The summed E-state index contributed by atoms with van der Waals surface area (Å²) in [7, 11) is 0. The fourth-order valence-corrected chi connectivity index (χ4v) is 4.40. The highest BCUT2D eigenvalue weighted by atomic mass is 35.5. The predicted octanol–water partition coefficient (Wildman–Crippen LogP) is 3.06. The van der Waals surface area contributed by atoms with E-state index in [-0.39, 0.29) is 6.03 Å². The predicted molar refractivity (Wildman–Crippen MR) is 125 cm³/mol. The molecule has 0 aliphatic carbocycles. The minimum atomic E-state index is -0.210. The number of benzene rings is 1. The molecule has 2 amide bonds. The average Bonchev–Trinajstić information content (AvgIpc) is 2.81. The van der Waals surface area contributed by atoms with Gasteiger partial charge in [0.1, 0.15) is 0 Å². The van der Waals surface area contributed by atoms with Crippen molar-refractivity contribution >= 4 is 35.0 Å². The first-order chi connectivity index (χ1) is 15.2. The summed E-state index contributed by atoms with van der Waals surface area (Å²) in [6, 6.07) is 7.36. The van der Waals surface area contributed by atoms with Gasteiger partial charge in [-0.3, -0.25) is 4.90 Å². The molecule has 9 heteroatoms. The molecule has 166 valence electrons. The van der Waals surface area contributed by atoms with Crippen molar-refractivity contribution in [1.29, 1.82) is 0 Å². The Bertz CT molecular complexity index is 852. The Labute approximate surface area is 188 Å². The summed E-state index contributed by atoms with van der Waals surface area (Å²) in [5.74, 6) is 0.782. The first-order valence-corrected chi connectivity index (χ1v) is 11.4. The van der Waals surface area contributed by atoms with Gasteiger partial charge in [-0.1, -0.05) is 11.6 Å². The minimum absolute atomic E-state index is 0.210. The number of amides is 2. The van der Waals surface area contributed by atoms with Gasteiger partial charge in [-0.15, -0.1) is 0 Å². The van der Waals surface area contributed by atoms with E-state index in [1.54, 1.807) is 12.4 Å². The molecule has 2 aliphatic rings. The molecule has 4 rings (SSSR count). The van der Waals surface area contributed by atoms with Crippen molar-refractivity contribution < 1.29 is 4.79 Å². The van der Waals surface area contributed by atoms with Crippen molar-refractivity contribution in [2.45, 2.75) is 19.3 Å². The van der Waals surface area contributed by atoms with Gasteiger partial charge in [0.05, 0.1) is 10.7 Å². The van der Waals surface area contributed by atoms with E-state index in [4.69, 9.17) is 11.6 Å². The largest absolute Gasteiger partial charge is 0.370 e. The van der Waals surface area contributed by atoms with Gasteiger partial charge < -0.3 is 20.4 Å². The quantitative estimate of drug-likeness (QED) is 0.714. The van der Waals surface area contributed by atoms with Crippen LogP contribution in [-0.2, 0) is 0 Å². The maximum absolute atomic E-state index is 12.3. The van der Waals surface area contributed by atoms with E-state index < -0.39 is 0 Å².